The van der Waals surface area contributed by atoms with Gasteiger partial charge in [0.1, 0.15) is 0 Å². The molecule has 1 aromatic rings. The SMILES string of the molecule is COC[C@H]1CNCC[C@@H]1c1ccc(Cl)c(Cl)c1. The molecule has 0 unspecified atom stereocenters. The van der Waals surface area contributed by atoms with Crippen LogP contribution in [-0.2, 0) is 4.74 Å². The van der Waals surface area contributed by atoms with Gasteiger partial charge >= 0.3 is 0 Å². The van der Waals surface area contributed by atoms with E-state index in [9.17, 15) is 0 Å². The van der Waals surface area contributed by atoms with Crippen LogP contribution < -0.4 is 5.32 Å². The lowest BCUT2D eigenvalue weighted by atomic mass is 9.81. The Bertz CT molecular complexity index is 382. The minimum absolute atomic E-state index is 0.506. The fraction of sp³-hybridized carbons (Fsp3) is 0.538. The molecule has 1 saturated heterocycles. The van der Waals surface area contributed by atoms with Crippen molar-refractivity contribution in [3.05, 3.63) is 33.8 Å². The molecule has 17 heavy (non-hydrogen) atoms. The highest BCUT2D eigenvalue weighted by atomic mass is 35.5. The summed E-state index contributed by atoms with van der Waals surface area (Å²) < 4.78 is 5.29. The molecule has 1 aromatic carbocycles. The smallest absolute Gasteiger partial charge is 0.0595 e. The Labute approximate surface area is 112 Å². The third kappa shape index (κ3) is 3.14. The van der Waals surface area contributed by atoms with Gasteiger partial charge in [-0.2, -0.15) is 0 Å². The van der Waals surface area contributed by atoms with Gasteiger partial charge in [-0.15, -0.1) is 0 Å². The summed E-state index contributed by atoms with van der Waals surface area (Å²) in [5.74, 6) is 1.01. The maximum absolute atomic E-state index is 6.08. The summed E-state index contributed by atoms with van der Waals surface area (Å²) in [6.45, 7) is 2.82. The van der Waals surface area contributed by atoms with Gasteiger partial charge in [-0.3, -0.25) is 0 Å². The lowest BCUT2D eigenvalue weighted by molar-refractivity contribution is 0.125. The van der Waals surface area contributed by atoms with Gasteiger partial charge in [-0.25, -0.2) is 0 Å². The van der Waals surface area contributed by atoms with Crippen molar-refractivity contribution in [2.75, 3.05) is 26.8 Å². The van der Waals surface area contributed by atoms with E-state index in [1.54, 1.807) is 7.11 Å². The van der Waals surface area contributed by atoms with Gasteiger partial charge in [0, 0.05) is 19.6 Å². The monoisotopic (exact) mass is 273 g/mol. The molecule has 1 aliphatic heterocycles. The molecule has 0 radical (unpaired) electrons. The van der Waals surface area contributed by atoms with Gasteiger partial charge in [0.15, 0.2) is 0 Å². The minimum atomic E-state index is 0.506. The van der Waals surface area contributed by atoms with Crippen molar-refractivity contribution in [1.82, 2.24) is 5.32 Å². The average molecular weight is 274 g/mol. The Morgan fingerprint density at radius 2 is 2.18 bits per heavy atom. The lowest BCUT2D eigenvalue weighted by Crippen LogP contribution is -2.37. The number of piperidine rings is 1. The zero-order valence-corrected chi connectivity index (χ0v) is 11.4. The molecule has 2 rings (SSSR count). The van der Waals surface area contributed by atoms with E-state index < -0.39 is 0 Å². The summed E-state index contributed by atoms with van der Waals surface area (Å²) in [7, 11) is 1.75. The maximum atomic E-state index is 6.08. The van der Waals surface area contributed by atoms with Gasteiger partial charge in [-0.1, -0.05) is 29.3 Å². The van der Waals surface area contributed by atoms with Gasteiger partial charge in [0.25, 0.3) is 0 Å². The highest BCUT2D eigenvalue weighted by Gasteiger charge is 2.26. The molecular weight excluding hydrogens is 257 g/mol. The topological polar surface area (TPSA) is 21.3 Å². The number of benzene rings is 1. The highest BCUT2D eigenvalue weighted by Crippen LogP contribution is 2.33. The first-order valence-electron chi connectivity index (χ1n) is 5.87. The largest absolute Gasteiger partial charge is 0.384 e. The molecule has 94 valence electrons. The predicted molar refractivity (Wildman–Crippen MR) is 72.1 cm³/mol. The van der Waals surface area contributed by atoms with E-state index in [1.165, 1.54) is 5.56 Å². The molecule has 0 aliphatic carbocycles. The number of hydrogen-bond donors (Lipinski definition) is 1. The molecule has 2 atom stereocenters. The average Bonchev–Trinajstić information content (AvgIpc) is 2.34. The second kappa shape index (κ2) is 6.05. The van der Waals surface area contributed by atoms with E-state index in [0.29, 0.717) is 21.9 Å². The maximum Gasteiger partial charge on any atom is 0.0595 e. The molecule has 0 spiro atoms. The van der Waals surface area contributed by atoms with E-state index >= 15 is 0 Å². The van der Waals surface area contributed by atoms with Crippen molar-refractivity contribution < 1.29 is 4.74 Å². The number of ether oxygens (including phenoxy) is 1. The third-order valence-corrected chi connectivity index (χ3v) is 4.10. The summed E-state index contributed by atoms with van der Waals surface area (Å²) in [4.78, 5) is 0. The number of hydrogen-bond acceptors (Lipinski definition) is 2. The van der Waals surface area contributed by atoms with Crippen LogP contribution in [0.4, 0.5) is 0 Å². The van der Waals surface area contributed by atoms with Crippen LogP contribution in [0.3, 0.4) is 0 Å². The van der Waals surface area contributed by atoms with E-state index in [1.807, 2.05) is 12.1 Å². The molecule has 1 heterocycles. The second-order valence-electron chi connectivity index (χ2n) is 4.49. The molecule has 1 fully saturated rings. The van der Waals surface area contributed by atoms with Crippen molar-refractivity contribution in [2.45, 2.75) is 12.3 Å². The Morgan fingerprint density at radius 1 is 1.35 bits per heavy atom. The van der Waals surface area contributed by atoms with Crippen LogP contribution in [0.1, 0.15) is 17.9 Å². The first-order chi connectivity index (χ1) is 8.22. The quantitative estimate of drug-likeness (QED) is 0.912. The van der Waals surface area contributed by atoms with Crippen LogP contribution in [0.25, 0.3) is 0 Å². The van der Waals surface area contributed by atoms with Crippen LogP contribution in [0.15, 0.2) is 18.2 Å². The van der Waals surface area contributed by atoms with E-state index in [-0.39, 0.29) is 0 Å². The van der Waals surface area contributed by atoms with Crippen molar-refractivity contribution in [2.24, 2.45) is 5.92 Å². The summed E-state index contributed by atoms with van der Waals surface area (Å²) in [5, 5.41) is 4.66. The molecule has 0 saturated carbocycles. The van der Waals surface area contributed by atoms with E-state index in [4.69, 9.17) is 27.9 Å². The molecular formula is C13H17Cl2NO. The molecule has 4 heteroatoms. The lowest BCUT2D eigenvalue weighted by Gasteiger charge is -2.32. The summed E-state index contributed by atoms with van der Waals surface area (Å²) >= 11 is 12.0. The Morgan fingerprint density at radius 3 is 2.88 bits per heavy atom. The number of rotatable bonds is 3. The van der Waals surface area contributed by atoms with Crippen LogP contribution in [0, 0.1) is 5.92 Å². The molecule has 0 amide bonds. The van der Waals surface area contributed by atoms with Crippen molar-refractivity contribution in [3.63, 3.8) is 0 Å². The Kier molecular flexibility index (Phi) is 4.69. The standard InChI is InChI=1S/C13H17Cl2NO/c1-17-8-10-7-16-5-4-11(10)9-2-3-12(14)13(15)6-9/h2-3,6,10-11,16H,4-5,7-8H2,1H3/t10-,11-/m1/s1. The fourth-order valence-electron chi connectivity index (χ4n) is 2.49. The van der Waals surface area contributed by atoms with Crippen molar-refractivity contribution in [3.8, 4) is 0 Å². The molecule has 0 bridgehead atoms. The zero-order valence-electron chi connectivity index (χ0n) is 9.88. The molecule has 2 nitrogen and oxygen atoms in total. The van der Waals surface area contributed by atoms with Crippen molar-refractivity contribution in [1.29, 1.82) is 0 Å². The van der Waals surface area contributed by atoms with Crippen LogP contribution in [0.2, 0.25) is 10.0 Å². The van der Waals surface area contributed by atoms with Crippen LogP contribution in [-0.4, -0.2) is 26.8 Å². The van der Waals surface area contributed by atoms with Crippen LogP contribution in [0.5, 0.6) is 0 Å². The fourth-order valence-corrected chi connectivity index (χ4v) is 2.80. The molecule has 1 aliphatic rings. The second-order valence-corrected chi connectivity index (χ2v) is 5.30. The van der Waals surface area contributed by atoms with Gasteiger partial charge < -0.3 is 10.1 Å². The van der Waals surface area contributed by atoms with Crippen LogP contribution >= 0.6 is 23.2 Å². The van der Waals surface area contributed by atoms with Crippen molar-refractivity contribution >= 4 is 23.2 Å². The molecule has 1 N–H and O–H groups in total. The Balaban J connectivity index is 2.20. The summed E-state index contributed by atoms with van der Waals surface area (Å²) in [5.41, 5.74) is 1.27. The number of halogens is 2. The third-order valence-electron chi connectivity index (χ3n) is 3.36. The van der Waals surface area contributed by atoms with Gasteiger partial charge in [-0.05, 0) is 36.6 Å². The summed E-state index contributed by atoms with van der Waals surface area (Å²) in [6.07, 6.45) is 1.12. The Hall–Kier alpha value is -0.280. The molecule has 0 aromatic heterocycles. The van der Waals surface area contributed by atoms with E-state index in [2.05, 4.69) is 11.4 Å². The minimum Gasteiger partial charge on any atom is -0.384 e. The first-order valence-corrected chi connectivity index (χ1v) is 6.62. The van der Waals surface area contributed by atoms with Gasteiger partial charge in [0.05, 0.1) is 16.7 Å². The zero-order chi connectivity index (χ0) is 12.3. The van der Waals surface area contributed by atoms with E-state index in [0.717, 1.165) is 26.1 Å². The first kappa shape index (κ1) is 13.2. The number of nitrogens with one attached hydrogen (secondary N) is 1. The number of methoxy groups -OCH3 is 1. The highest BCUT2D eigenvalue weighted by molar-refractivity contribution is 6.42. The predicted octanol–water partition coefficient (Wildman–Crippen LogP) is 3.33. The normalized spacial score (nSPS) is 24.9. The van der Waals surface area contributed by atoms with Gasteiger partial charge in [0.2, 0.25) is 0 Å². The summed E-state index contributed by atoms with van der Waals surface area (Å²) in [6, 6.07) is 5.94.